The van der Waals surface area contributed by atoms with Crippen molar-refractivity contribution in [2.24, 2.45) is 0 Å². The van der Waals surface area contributed by atoms with Crippen molar-refractivity contribution in [3.63, 3.8) is 0 Å². The van der Waals surface area contributed by atoms with Crippen LogP contribution in [0.3, 0.4) is 0 Å². The second-order valence-corrected chi connectivity index (χ2v) is 5.46. The number of carbonyl (C=O) groups excluding carboxylic acids is 1. The molecule has 0 atom stereocenters. The smallest absolute Gasteiger partial charge is 0.172 e. The van der Waals surface area contributed by atoms with Crippen LogP contribution >= 0.6 is 11.3 Å². The Labute approximate surface area is 106 Å². The van der Waals surface area contributed by atoms with Gasteiger partial charge in [0.25, 0.3) is 0 Å². The quantitative estimate of drug-likeness (QED) is 0.718. The molecule has 0 N–H and O–H groups in total. The first-order chi connectivity index (χ1) is 8.25. The molecule has 1 aromatic carbocycles. The number of ketones is 1. The highest BCUT2D eigenvalue weighted by Gasteiger charge is 2.07. The van der Waals surface area contributed by atoms with Gasteiger partial charge in [-0.25, -0.2) is 0 Å². The maximum Gasteiger partial charge on any atom is 0.172 e. The topological polar surface area (TPSA) is 17.1 Å². The fourth-order valence-electron chi connectivity index (χ4n) is 1.81. The van der Waals surface area contributed by atoms with E-state index >= 15 is 0 Å². The molecule has 0 amide bonds. The second-order valence-electron chi connectivity index (χ2n) is 4.17. The lowest BCUT2D eigenvalue weighted by molar-refractivity contribution is 0.0984. The van der Waals surface area contributed by atoms with Gasteiger partial charge in [-0.15, -0.1) is 11.3 Å². The first-order valence-corrected chi connectivity index (χ1v) is 6.71. The fraction of sp³-hybridized carbons (Fsp3) is 0.267. The number of hydrogen-bond acceptors (Lipinski definition) is 2. The van der Waals surface area contributed by atoms with Gasteiger partial charge in [0.2, 0.25) is 0 Å². The molecule has 0 unspecified atom stereocenters. The minimum absolute atomic E-state index is 0.277. The van der Waals surface area contributed by atoms with E-state index < -0.39 is 0 Å². The molecule has 0 spiro atoms. The van der Waals surface area contributed by atoms with Crippen LogP contribution in [0.5, 0.6) is 0 Å². The number of aryl methyl sites for hydroxylation is 2. The molecule has 2 rings (SSSR count). The molecule has 88 valence electrons. The van der Waals surface area contributed by atoms with Crippen LogP contribution in [-0.2, 0) is 6.42 Å². The van der Waals surface area contributed by atoms with Crippen molar-refractivity contribution in [1.29, 1.82) is 0 Å². The van der Waals surface area contributed by atoms with Crippen LogP contribution in [-0.4, -0.2) is 5.78 Å². The van der Waals surface area contributed by atoms with Gasteiger partial charge in [0.15, 0.2) is 5.78 Å². The number of benzene rings is 1. The maximum atomic E-state index is 11.9. The minimum Gasteiger partial charge on any atom is -0.293 e. The third kappa shape index (κ3) is 3.53. The highest BCUT2D eigenvalue weighted by Crippen LogP contribution is 2.18. The normalized spacial score (nSPS) is 10.4. The molecule has 1 heterocycles. The molecule has 0 radical (unpaired) electrons. The lowest BCUT2D eigenvalue weighted by Crippen LogP contribution is -1.97. The van der Waals surface area contributed by atoms with Crippen molar-refractivity contribution in [2.45, 2.75) is 26.2 Å². The third-order valence-corrected chi connectivity index (χ3v) is 3.77. The Morgan fingerprint density at radius 2 is 1.88 bits per heavy atom. The van der Waals surface area contributed by atoms with Crippen LogP contribution in [0.2, 0.25) is 0 Å². The predicted octanol–water partition coefficient (Wildman–Crippen LogP) is 4.26. The first-order valence-electron chi connectivity index (χ1n) is 5.89. The van der Waals surface area contributed by atoms with Gasteiger partial charge < -0.3 is 0 Å². The summed E-state index contributed by atoms with van der Waals surface area (Å²) < 4.78 is 0. The molecule has 0 aliphatic rings. The van der Waals surface area contributed by atoms with E-state index in [0.717, 1.165) is 17.7 Å². The van der Waals surface area contributed by atoms with Crippen molar-refractivity contribution in [2.75, 3.05) is 0 Å². The van der Waals surface area contributed by atoms with Crippen LogP contribution in [0.15, 0.2) is 42.5 Å². The summed E-state index contributed by atoms with van der Waals surface area (Å²) in [6.45, 7) is 2.03. The van der Waals surface area contributed by atoms with Gasteiger partial charge in [-0.1, -0.05) is 30.3 Å². The zero-order chi connectivity index (χ0) is 12.1. The fourth-order valence-corrected chi connectivity index (χ4v) is 2.64. The van der Waals surface area contributed by atoms with Crippen LogP contribution < -0.4 is 0 Å². The van der Waals surface area contributed by atoms with E-state index in [4.69, 9.17) is 0 Å². The molecular weight excluding hydrogens is 228 g/mol. The standard InChI is InChI=1S/C15H16OS/c1-12-10-11-15(17-12)14(16)9-5-8-13-6-3-2-4-7-13/h2-4,6-7,10-11H,5,8-9H2,1H3. The van der Waals surface area contributed by atoms with Crippen molar-refractivity contribution >= 4 is 17.1 Å². The van der Waals surface area contributed by atoms with Gasteiger partial charge in [-0.2, -0.15) is 0 Å². The largest absolute Gasteiger partial charge is 0.293 e. The van der Waals surface area contributed by atoms with Crippen molar-refractivity contribution in [3.05, 3.63) is 57.8 Å². The molecule has 0 bridgehead atoms. The van der Waals surface area contributed by atoms with E-state index in [1.165, 1.54) is 10.4 Å². The molecule has 2 heteroatoms. The molecule has 0 saturated carbocycles. The van der Waals surface area contributed by atoms with Crippen LogP contribution in [0.4, 0.5) is 0 Å². The summed E-state index contributed by atoms with van der Waals surface area (Å²) in [5.74, 6) is 0.277. The molecule has 0 saturated heterocycles. The summed E-state index contributed by atoms with van der Waals surface area (Å²) in [5.41, 5.74) is 1.31. The zero-order valence-corrected chi connectivity index (χ0v) is 10.8. The van der Waals surface area contributed by atoms with Gasteiger partial charge in [-0.05, 0) is 37.5 Å². The molecule has 0 aliphatic heterocycles. The molecule has 0 fully saturated rings. The Kier molecular flexibility index (Phi) is 4.10. The van der Waals surface area contributed by atoms with Crippen molar-refractivity contribution in [3.8, 4) is 0 Å². The molecule has 17 heavy (non-hydrogen) atoms. The summed E-state index contributed by atoms with van der Waals surface area (Å²) in [6.07, 6.45) is 2.56. The minimum atomic E-state index is 0.277. The molecule has 2 aromatic rings. The van der Waals surface area contributed by atoms with Gasteiger partial charge in [0, 0.05) is 11.3 Å². The summed E-state index contributed by atoms with van der Waals surface area (Å²) in [4.78, 5) is 14.0. The lowest BCUT2D eigenvalue weighted by Gasteiger charge is -2.00. The molecule has 1 nitrogen and oxygen atoms in total. The Balaban J connectivity index is 1.81. The first kappa shape index (κ1) is 12.1. The number of thiophene rings is 1. The van der Waals surface area contributed by atoms with Gasteiger partial charge in [0.1, 0.15) is 0 Å². The second kappa shape index (κ2) is 5.78. The van der Waals surface area contributed by atoms with Gasteiger partial charge in [0.05, 0.1) is 4.88 Å². The van der Waals surface area contributed by atoms with E-state index in [-0.39, 0.29) is 5.78 Å². The third-order valence-electron chi connectivity index (χ3n) is 2.73. The number of rotatable bonds is 5. The number of carbonyl (C=O) groups is 1. The Hall–Kier alpha value is -1.41. The van der Waals surface area contributed by atoms with Crippen molar-refractivity contribution < 1.29 is 4.79 Å². The van der Waals surface area contributed by atoms with E-state index in [1.807, 2.05) is 37.3 Å². The van der Waals surface area contributed by atoms with E-state index in [2.05, 4.69) is 12.1 Å². The Morgan fingerprint density at radius 1 is 1.12 bits per heavy atom. The summed E-state index contributed by atoms with van der Waals surface area (Å²) in [5, 5.41) is 0. The Morgan fingerprint density at radius 3 is 2.53 bits per heavy atom. The van der Waals surface area contributed by atoms with E-state index in [9.17, 15) is 4.79 Å². The SMILES string of the molecule is Cc1ccc(C(=O)CCCc2ccccc2)s1. The average Bonchev–Trinajstić information content (AvgIpc) is 2.77. The lowest BCUT2D eigenvalue weighted by atomic mass is 10.1. The summed E-state index contributed by atoms with van der Waals surface area (Å²) in [7, 11) is 0. The van der Waals surface area contributed by atoms with Crippen LogP contribution in [0.25, 0.3) is 0 Å². The van der Waals surface area contributed by atoms with E-state index in [0.29, 0.717) is 6.42 Å². The number of hydrogen-bond donors (Lipinski definition) is 0. The van der Waals surface area contributed by atoms with Crippen LogP contribution in [0.1, 0.15) is 33.0 Å². The van der Waals surface area contributed by atoms with Gasteiger partial charge >= 0.3 is 0 Å². The molecular formula is C15H16OS. The van der Waals surface area contributed by atoms with Gasteiger partial charge in [-0.3, -0.25) is 4.79 Å². The summed E-state index contributed by atoms with van der Waals surface area (Å²) in [6, 6.07) is 14.3. The zero-order valence-electron chi connectivity index (χ0n) is 9.98. The summed E-state index contributed by atoms with van der Waals surface area (Å²) >= 11 is 1.59. The molecule has 0 aliphatic carbocycles. The monoisotopic (exact) mass is 244 g/mol. The highest BCUT2D eigenvalue weighted by atomic mass is 32.1. The Bertz CT molecular complexity index is 485. The molecule has 1 aromatic heterocycles. The van der Waals surface area contributed by atoms with Crippen LogP contribution in [0, 0.1) is 6.92 Å². The predicted molar refractivity (Wildman–Crippen MR) is 72.8 cm³/mol. The average molecular weight is 244 g/mol. The van der Waals surface area contributed by atoms with E-state index in [1.54, 1.807) is 11.3 Å². The van der Waals surface area contributed by atoms with Crippen molar-refractivity contribution in [1.82, 2.24) is 0 Å². The number of Topliss-reactive ketones (excluding diaryl/α,β-unsaturated/α-hetero) is 1. The highest BCUT2D eigenvalue weighted by molar-refractivity contribution is 7.14. The maximum absolute atomic E-state index is 11.9.